The van der Waals surface area contributed by atoms with Crippen molar-refractivity contribution in [1.82, 2.24) is 0 Å². The summed E-state index contributed by atoms with van der Waals surface area (Å²) in [5.74, 6) is -0.982. The minimum Gasteiger partial charge on any atom is -0.329 e. The molecular weight excluding hydrogens is 289 g/mol. The van der Waals surface area contributed by atoms with Gasteiger partial charge in [0.2, 0.25) is 0 Å². The van der Waals surface area contributed by atoms with Crippen molar-refractivity contribution in [3.63, 3.8) is 0 Å². The van der Waals surface area contributed by atoms with Gasteiger partial charge in [0.25, 0.3) is 0 Å². The van der Waals surface area contributed by atoms with Gasteiger partial charge in [0, 0.05) is 18.2 Å². The molecule has 0 aliphatic rings. The van der Waals surface area contributed by atoms with Gasteiger partial charge in [-0.1, -0.05) is 0 Å². The number of hydrogen-bond acceptors (Lipinski definition) is 2. The fraction of sp³-hybridized carbons (Fsp3) is 0.250. The smallest absolute Gasteiger partial charge is 0.137 e. The van der Waals surface area contributed by atoms with Crippen molar-refractivity contribution in [3.05, 3.63) is 32.9 Å². The Balaban J connectivity index is 3.15. The Labute approximate surface area is 88.4 Å². The lowest BCUT2D eigenvalue weighted by Gasteiger charge is -2.10. The summed E-state index contributed by atoms with van der Waals surface area (Å²) in [5.41, 5.74) is 10.9. The van der Waals surface area contributed by atoms with Crippen LogP contribution in [-0.2, 0) is 0 Å². The van der Waals surface area contributed by atoms with Crippen molar-refractivity contribution in [1.29, 1.82) is 0 Å². The Morgan fingerprint density at radius 2 is 1.92 bits per heavy atom. The Bertz CT molecular complexity index is 317. The van der Waals surface area contributed by atoms with Gasteiger partial charge in [-0.3, -0.25) is 0 Å². The first-order valence-corrected chi connectivity index (χ1v) is 4.74. The third-order valence-electron chi connectivity index (χ3n) is 1.69. The molecule has 1 rings (SSSR count). The SMILES string of the molecule is NCC(N)c1cc(F)c(I)cc1F. The number of nitrogens with two attached hydrogens (primary N) is 2. The van der Waals surface area contributed by atoms with Crippen molar-refractivity contribution in [2.45, 2.75) is 6.04 Å². The molecular formula is C8H9F2IN2. The minimum atomic E-state index is -0.647. The van der Waals surface area contributed by atoms with Gasteiger partial charge in [0.1, 0.15) is 11.6 Å². The molecule has 1 unspecified atom stereocenters. The van der Waals surface area contributed by atoms with Crippen LogP contribution in [0.3, 0.4) is 0 Å². The fourth-order valence-electron chi connectivity index (χ4n) is 0.949. The summed E-state index contributed by atoms with van der Waals surface area (Å²) in [5, 5.41) is 0. The molecule has 4 N–H and O–H groups in total. The van der Waals surface area contributed by atoms with Crippen molar-refractivity contribution >= 4 is 22.6 Å². The summed E-state index contributed by atoms with van der Waals surface area (Å²) >= 11 is 1.72. The summed E-state index contributed by atoms with van der Waals surface area (Å²) in [4.78, 5) is 0. The van der Waals surface area contributed by atoms with Gasteiger partial charge in [0.15, 0.2) is 0 Å². The first-order valence-electron chi connectivity index (χ1n) is 3.66. The molecule has 0 radical (unpaired) electrons. The minimum absolute atomic E-state index is 0.0942. The van der Waals surface area contributed by atoms with Gasteiger partial charge in [-0.15, -0.1) is 0 Å². The van der Waals surface area contributed by atoms with Gasteiger partial charge in [0.05, 0.1) is 3.57 Å². The van der Waals surface area contributed by atoms with Crippen LogP contribution >= 0.6 is 22.6 Å². The zero-order chi connectivity index (χ0) is 10.0. The first kappa shape index (κ1) is 10.8. The van der Waals surface area contributed by atoms with Gasteiger partial charge in [-0.05, 0) is 34.7 Å². The molecule has 0 aromatic heterocycles. The highest BCUT2D eigenvalue weighted by Crippen LogP contribution is 2.20. The normalized spacial score (nSPS) is 13.0. The zero-order valence-corrected chi connectivity index (χ0v) is 8.89. The number of rotatable bonds is 2. The third-order valence-corrected chi connectivity index (χ3v) is 2.52. The van der Waals surface area contributed by atoms with Crippen LogP contribution in [0, 0.1) is 15.2 Å². The highest BCUT2D eigenvalue weighted by atomic mass is 127. The van der Waals surface area contributed by atoms with Gasteiger partial charge in [-0.2, -0.15) is 0 Å². The van der Waals surface area contributed by atoms with Gasteiger partial charge in [-0.25, -0.2) is 8.78 Å². The predicted molar refractivity (Wildman–Crippen MR) is 55.1 cm³/mol. The lowest BCUT2D eigenvalue weighted by Crippen LogP contribution is -2.22. The third kappa shape index (κ3) is 2.35. The van der Waals surface area contributed by atoms with E-state index in [1.165, 1.54) is 0 Å². The van der Waals surface area contributed by atoms with Crippen LogP contribution in [0.25, 0.3) is 0 Å². The summed E-state index contributed by atoms with van der Waals surface area (Å²) in [6, 6.07) is 1.56. The van der Waals surface area contributed by atoms with Gasteiger partial charge >= 0.3 is 0 Å². The first-order chi connectivity index (χ1) is 6.06. The summed E-state index contributed by atoms with van der Waals surface area (Å²) in [6.07, 6.45) is 0. The van der Waals surface area contributed by atoms with Crippen molar-refractivity contribution in [3.8, 4) is 0 Å². The Hall–Kier alpha value is -0.270. The molecule has 0 bridgehead atoms. The van der Waals surface area contributed by atoms with Crippen LogP contribution in [0.4, 0.5) is 8.78 Å². The maximum atomic E-state index is 13.2. The molecule has 1 atom stereocenters. The van der Waals surface area contributed by atoms with E-state index < -0.39 is 17.7 Å². The standard InChI is InChI=1S/C8H9F2IN2/c9-5-2-7(11)6(10)1-4(5)8(13)3-12/h1-2,8H,3,12-13H2. The second kappa shape index (κ2) is 4.30. The Morgan fingerprint density at radius 1 is 1.31 bits per heavy atom. The van der Waals surface area contributed by atoms with E-state index in [1.54, 1.807) is 22.6 Å². The predicted octanol–water partition coefficient (Wildman–Crippen LogP) is 1.53. The number of hydrogen-bond donors (Lipinski definition) is 2. The second-order valence-electron chi connectivity index (χ2n) is 2.63. The maximum Gasteiger partial charge on any atom is 0.137 e. The summed E-state index contributed by atoms with van der Waals surface area (Å²) < 4.78 is 26.4. The average molecular weight is 298 g/mol. The molecule has 0 saturated carbocycles. The van der Waals surface area contributed by atoms with Crippen molar-refractivity contribution in [2.75, 3.05) is 6.54 Å². The van der Waals surface area contributed by atoms with E-state index in [-0.39, 0.29) is 15.7 Å². The van der Waals surface area contributed by atoms with Crippen LogP contribution in [0.1, 0.15) is 11.6 Å². The molecule has 5 heteroatoms. The molecule has 0 spiro atoms. The molecule has 0 aliphatic carbocycles. The number of benzene rings is 1. The van der Waals surface area contributed by atoms with Crippen LogP contribution in [-0.4, -0.2) is 6.54 Å². The molecule has 13 heavy (non-hydrogen) atoms. The monoisotopic (exact) mass is 298 g/mol. The summed E-state index contributed by atoms with van der Waals surface area (Å²) in [6.45, 7) is 0.0942. The van der Waals surface area contributed by atoms with Gasteiger partial charge < -0.3 is 11.5 Å². The quantitative estimate of drug-likeness (QED) is 0.642. The van der Waals surface area contributed by atoms with E-state index in [9.17, 15) is 8.78 Å². The Kier molecular flexibility index (Phi) is 3.57. The molecule has 0 aliphatic heterocycles. The fourth-order valence-corrected chi connectivity index (χ4v) is 1.38. The van der Waals surface area contributed by atoms with Crippen LogP contribution in [0.5, 0.6) is 0 Å². The summed E-state index contributed by atoms with van der Waals surface area (Å²) in [7, 11) is 0. The van der Waals surface area contributed by atoms with Crippen LogP contribution < -0.4 is 11.5 Å². The van der Waals surface area contributed by atoms with Crippen molar-refractivity contribution in [2.24, 2.45) is 11.5 Å². The lowest BCUT2D eigenvalue weighted by atomic mass is 10.1. The van der Waals surface area contributed by atoms with E-state index in [2.05, 4.69) is 0 Å². The largest absolute Gasteiger partial charge is 0.329 e. The number of halogens is 3. The Morgan fingerprint density at radius 3 is 2.46 bits per heavy atom. The van der Waals surface area contributed by atoms with E-state index in [0.29, 0.717) is 0 Å². The van der Waals surface area contributed by atoms with Crippen LogP contribution in [0.15, 0.2) is 12.1 Å². The molecule has 0 amide bonds. The van der Waals surface area contributed by atoms with E-state index >= 15 is 0 Å². The molecule has 0 fully saturated rings. The molecule has 1 aromatic carbocycles. The zero-order valence-electron chi connectivity index (χ0n) is 6.73. The average Bonchev–Trinajstić information content (AvgIpc) is 2.10. The van der Waals surface area contributed by atoms with Crippen molar-refractivity contribution < 1.29 is 8.78 Å². The molecule has 2 nitrogen and oxygen atoms in total. The van der Waals surface area contributed by atoms with E-state index in [1.807, 2.05) is 0 Å². The highest BCUT2D eigenvalue weighted by molar-refractivity contribution is 14.1. The molecule has 0 saturated heterocycles. The molecule has 0 heterocycles. The van der Waals surface area contributed by atoms with E-state index in [4.69, 9.17) is 11.5 Å². The highest BCUT2D eigenvalue weighted by Gasteiger charge is 2.13. The maximum absolute atomic E-state index is 13.2. The molecule has 1 aromatic rings. The topological polar surface area (TPSA) is 52.0 Å². The van der Waals surface area contributed by atoms with E-state index in [0.717, 1.165) is 12.1 Å². The lowest BCUT2D eigenvalue weighted by molar-refractivity contribution is 0.560. The second-order valence-corrected chi connectivity index (χ2v) is 3.79. The van der Waals surface area contributed by atoms with Crippen LogP contribution in [0.2, 0.25) is 0 Å². The molecule has 72 valence electrons.